The molecule has 0 saturated carbocycles. The Hall–Kier alpha value is -0.120. The molecule has 0 aromatic rings. The first-order valence-corrected chi connectivity index (χ1v) is 8.75. The van der Waals surface area contributed by atoms with Crippen LogP contribution in [0.5, 0.6) is 0 Å². The molecule has 3 unspecified atom stereocenters. The second-order valence-electron chi connectivity index (χ2n) is 6.60. The van der Waals surface area contributed by atoms with E-state index in [9.17, 15) is 0 Å². The monoisotopic (exact) mass is 283 g/mol. The van der Waals surface area contributed by atoms with Crippen LogP contribution in [-0.4, -0.2) is 38.0 Å². The van der Waals surface area contributed by atoms with Crippen molar-refractivity contribution in [3.63, 3.8) is 0 Å². The van der Waals surface area contributed by atoms with E-state index in [1.165, 1.54) is 44.9 Å². The molecular weight excluding hydrogens is 250 g/mol. The van der Waals surface area contributed by atoms with Crippen LogP contribution in [0.4, 0.5) is 0 Å². The van der Waals surface area contributed by atoms with Gasteiger partial charge < -0.3 is 14.8 Å². The smallest absolute Gasteiger partial charge is 0.0939 e. The number of unbranched alkanes of at least 4 members (excludes halogenated alkanes) is 3. The van der Waals surface area contributed by atoms with E-state index in [0.717, 1.165) is 38.7 Å². The fraction of sp³-hybridized carbons (Fsp3) is 1.00. The van der Waals surface area contributed by atoms with Crippen LogP contribution in [0, 0.1) is 5.92 Å². The van der Waals surface area contributed by atoms with Crippen molar-refractivity contribution in [2.45, 2.75) is 76.9 Å². The van der Waals surface area contributed by atoms with Gasteiger partial charge in [0.1, 0.15) is 0 Å². The van der Waals surface area contributed by atoms with Crippen molar-refractivity contribution in [3.8, 4) is 0 Å². The lowest BCUT2D eigenvalue weighted by Crippen LogP contribution is -2.47. The molecule has 2 rings (SSSR count). The van der Waals surface area contributed by atoms with E-state index in [-0.39, 0.29) is 5.60 Å². The summed E-state index contributed by atoms with van der Waals surface area (Å²) in [5, 5.41) is 3.74. The van der Waals surface area contributed by atoms with E-state index in [2.05, 4.69) is 19.2 Å². The van der Waals surface area contributed by atoms with Crippen molar-refractivity contribution in [2.24, 2.45) is 5.92 Å². The summed E-state index contributed by atoms with van der Waals surface area (Å²) in [4.78, 5) is 0. The SMILES string of the molecule is CCCCCCC(NCC)C1CCOC2(CCOC2)C1. The second-order valence-corrected chi connectivity index (χ2v) is 6.60. The molecule has 3 nitrogen and oxygen atoms in total. The summed E-state index contributed by atoms with van der Waals surface area (Å²) in [6.45, 7) is 8.22. The molecule has 0 bridgehead atoms. The number of nitrogens with one attached hydrogen (secondary N) is 1. The average molecular weight is 283 g/mol. The summed E-state index contributed by atoms with van der Waals surface area (Å²) >= 11 is 0. The lowest BCUT2D eigenvalue weighted by molar-refractivity contribution is -0.103. The first-order valence-electron chi connectivity index (χ1n) is 8.75. The summed E-state index contributed by atoms with van der Waals surface area (Å²) in [6.07, 6.45) is 10.3. The third-order valence-electron chi connectivity index (χ3n) is 5.00. The predicted molar refractivity (Wildman–Crippen MR) is 83.1 cm³/mol. The standard InChI is InChI=1S/C17H33NO2/c1-3-5-6-7-8-16(18-4-2)15-9-11-20-17(13-15)10-12-19-14-17/h15-16,18H,3-14H2,1-2H3. The number of hydrogen-bond acceptors (Lipinski definition) is 3. The van der Waals surface area contributed by atoms with E-state index in [4.69, 9.17) is 9.47 Å². The van der Waals surface area contributed by atoms with Crippen molar-refractivity contribution in [1.82, 2.24) is 5.32 Å². The van der Waals surface area contributed by atoms with E-state index >= 15 is 0 Å². The van der Waals surface area contributed by atoms with Crippen molar-refractivity contribution in [3.05, 3.63) is 0 Å². The molecule has 0 aromatic heterocycles. The Morgan fingerprint density at radius 2 is 2.10 bits per heavy atom. The van der Waals surface area contributed by atoms with Gasteiger partial charge in [-0.05, 0) is 31.7 Å². The van der Waals surface area contributed by atoms with Gasteiger partial charge in [-0.15, -0.1) is 0 Å². The van der Waals surface area contributed by atoms with E-state index in [1.807, 2.05) is 0 Å². The van der Waals surface area contributed by atoms with Crippen molar-refractivity contribution in [2.75, 3.05) is 26.4 Å². The molecule has 2 heterocycles. The summed E-state index contributed by atoms with van der Waals surface area (Å²) in [6, 6.07) is 0.679. The van der Waals surface area contributed by atoms with Gasteiger partial charge in [0.05, 0.1) is 12.2 Å². The van der Waals surface area contributed by atoms with Gasteiger partial charge in [-0.3, -0.25) is 0 Å². The van der Waals surface area contributed by atoms with E-state index in [1.54, 1.807) is 0 Å². The predicted octanol–water partition coefficient (Wildman–Crippen LogP) is 3.52. The lowest BCUT2D eigenvalue weighted by atomic mass is 9.79. The number of ether oxygens (including phenoxy) is 2. The highest BCUT2D eigenvalue weighted by Crippen LogP contribution is 2.37. The van der Waals surface area contributed by atoms with Crippen molar-refractivity contribution >= 4 is 0 Å². The lowest BCUT2D eigenvalue weighted by Gasteiger charge is -2.40. The largest absolute Gasteiger partial charge is 0.378 e. The Labute approximate surface area is 124 Å². The summed E-state index contributed by atoms with van der Waals surface area (Å²) in [7, 11) is 0. The molecular formula is C17H33NO2. The van der Waals surface area contributed by atoms with Crippen LogP contribution in [0.1, 0.15) is 65.2 Å². The molecule has 118 valence electrons. The molecule has 3 atom stereocenters. The third-order valence-corrected chi connectivity index (χ3v) is 5.00. The van der Waals surface area contributed by atoms with Crippen molar-refractivity contribution < 1.29 is 9.47 Å². The maximum Gasteiger partial charge on any atom is 0.0939 e. The Bertz CT molecular complexity index is 264. The first kappa shape index (κ1) is 16.3. The van der Waals surface area contributed by atoms with Gasteiger partial charge in [0.25, 0.3) is 0 Å². The summed E-state index contributed by atoms with van der Waals surface area (Å²) in [5.74, 6) is 0.770. The third kappa shape index (κ3) is 4.44. The van der Waals surface area contributed by atoms with Gasteiger partial charge >= 0.3 is 0 Å². The normalized spacial score (nSPS) is 31.8. The Morgan fingerprint density at radius 3 is 2.80 bits per heavy atom. The molecule has 2 aliphatic heterocycles. The average Bonchev–Trinajstić information content (AvgIpc) is 2.90. The van der Waals surface area contributed by atoms with Gasteiger partial charge in [-0.25, -0.2) is 0 Å². The van der Waals surface area contributed by atoms with Crippen LogP contribution in [0.3, 0.4) is 0 Å². The highest BCUT2D eigenvalue weighted by Gasteiger charge is 2.42. The molecule has 20 heavy (non-hydrogen) atoms. The number of rotatable bonds is 8. The van der Waals surface area contributed by atoms with Gasteiger partial charge in [-0.1, -0.05) is 39.5 Å². The van der Waals surface area contributed by atoms with Crippen LogP contribution >= 0.6 is 0 Å². The zero-order valence-electron chi connectivity index (χ0n) is 13.5. The topological polar surface area (TPSA) is 30.5 Å². The minimum absolute atomic E-state index is 0.0556. The van der Waals surface area contributed by atoms with E-state index < -0.39 is 0 Å². The fourth-order valence-electron chi connectivity index (χ4n) is 3.83. The Balaban J connectivity index is 1.83. The summed E-state index contributed by atoms with van der Waals surface area (Å²) in [5.41, 5.74) is 0.0556. The fourth-order valence-corrected chi connectivity index (χ4v) is 3.83. The van der Waals surface area contributed by atoms with Gasteiger partial charge in [0, 0.05) is 25.7 Å². The second kappa shape index (κ2) is 8.35. The van der Waals surface area contributed by atoms with Gasteiger partial charge in [0.2, 0.25) is 0 Å². The Morgan fingerprint density at radius 1 is 1.20 bits per heavy atom. The van der Waals surface area contributed by atoms with Crippen LogP contribution < -0.4 is 5.32 Å². The minimum atomic E-state index is 0.0556. The number of hydrogen-bond donors (Lipinski definition) is 1. The highest BCUT2D eigenvalue weighted by atomic mass is 16.6. The zero-order chi connectivity index (χ0) is 14.3. The molecule has 1 spiro atoms. The maximum atomic E-state index is 6.08. The van der Waals surface area contributed by atoms with E-state index in [0.29, 0.717) is 6.04 Å². The molecule has 0 radical (unpaired) electrons. The van der Waals surface area contributed by atoms with Gasteiger partial charge in [-0.2, -0.15) is 0 Å². The molecule has 0 aromatic carbocycles. The molecule has 1 N–H and O–H groups in total. The van der Waals surface area contributed by atoms with Crippen LogP contribution in [0.15, 0.2) is 0 Å². The van der Waals surface area contributed by atoms with Gasteiger partial charge in [0.15, 0.2) is 0 Å². The summed E-state index contributed by atoms with van der Waals surface area (Å²) < 4.78 is 11.7. The van der Waals surface area contributed by atoms with Crippen molar-refractivity contribution in [1.29, 1.82) is 0 Å². The molecule has 0 amide bonds. The molecule has 2 saturated heterocycles. The van der Waals surface area contributed by atoms with Crippen LogP contribution in [0.2, 0.25) is 0 Å². The maximum absolute atomic E-state index is 6.08. The van der Waals surface area contributed by atoms with Crippen LogP contribution in [0.25, 0.3) is 0 Å². The first-order chi connectivity index (χ1) is 9.79. The minimum Gasteiger partial charge on any atom is -0.378 e. The quantitative estimate of drug-likeness (QED) is 0.691. The zero-order valence-corrected chi connectivity index (χ0v) is 13.5. The molecule has 2 aliphatic rings. The molecule has 2 fully saturated rings. The Kier molecular flexibility index (Phi) is 6.79. The van der Waals surface area contributed by atoms with Crippen LogP contribution in [-0.2, 0) is 9.47 Å². The molecule has 0 aliphatic carbocycles. The highest BCUT2D eigenvalue weighted by molar-refractivity contribution is 4.93. The molecule has 3 heteroatoms.